The Labute approximate surface area is 73.0 Å². The lowest BCUT2D eigenvalue weighted by Gasteiger charge is -2.12. The van der Waals surface area contributed by atoms with E-state index >= 15 is 0 Å². The second-order valence-electron chi connectivity index (χ2n) is 2.39. The van der Waals surface area contributed by atoms with Crippen LogP contribution in [0, 0.1) is 0 Å². The third-order valence-corrected chi connectivity index (χ3v) is 1.41. The largest absolute Gasteiger partial charge is 0.516 e. The zero-order chi connectivity index (χ0) is 9.23. The molecule has 0 rings (SSSR count). The van der Waals surface area contributed by atoms with Crippen LogP contribution in [-0.4, -0.2) is 29.5 Å². The number of ether oxygens (including phenoxy) is 1. The van der Waals surface area contributed by atoms with Crippen LogP contribution < -0.4 is 0 Å². The molecule has 70 valence electrons. The highest BCUT2D eigenvalue weighted by molar-refractivity contribution is 4.74. The maximum Gasteiger partial charge on any atom is 0.0813 e. The minimum absolute atomic E-state index is 0.00705. The Morgan fingerprint density at radius 1 is 1.50 bits per heavy atom. The molecule has 0 spiro atoms. The molecule has 0 radical (unpaired) electrons. The van der Waals surface area contributed by atoms with Gasteiger partial charge in [-0.15, -0.1) is 6.58 Å². The monoisotopic (exact) mass is 172 g/mol. The molecule has 0 saturated heterocycles. The van der Waals surface area contributed by atoms with Crippen molar-refractivity contribution >= 4 is 0 Å². The van der Waals surface area contributed by atoms with Gasteiger partial charge in [-0.1, -0.05) is 12.2 Å². The average Bonchev–Trinajstić information content (AvgIpc) is 2.11. The van der Waals surface area contributed by atoms with Gasteiger partial charge in [0.25, 0.3) is 0 Å². The van der Waals surface area contributed by atoms with Crippen LogP contribution in [0.15, 0.2) is 25.0 Å². The third-order valence-electron chi connectivity index (χ3n) is 1.41. The van der Waals surface area contributed by atoms with E-state index in [0.29, 0.717) is 19.4 Å². The Bertz CT molecular complexity index is 132. The summed E-state index contributed by atoms with van der Waals surface area (Å²) in [4.78, 5) is 0. The van der Waals surface area contributed by atoms with Crippen LogP contribution in [-0.2, 0) is 4.74 Å². The molecule has 0 aromatic heterocycles. The van der Waals surface area contributed by atoms with Gasteiger partial charge in [-0.25, -0.2) is 0 Å². The fraction of sp³-hybridized carbons (Fsp3) is 0.556. The number of hydrogen-bond donors (Lipinski definition) is 2. The SMILES string of the molecule is C=CCOC(CO)CCC=CO. The van der Waals surface area contributed by atoms with E-state index in [0.717, 1.165) is 6.26 Å². The molecule has 12 heavy (non-hydrogen) atoms. The van der Waals surface area contributed by atoms with Gasteiger partial charge < -0.3 is 14.9 Å². The standard InChI is InChI=1S/C9H16O3/c1-2-7-12-9(8-11)5-3-4-6-10/h2,4,6,9-11H,1,3,5,7-8H2. The van der Waals surface area contributed by atoms with E-state index < -0.39 is 0 Å². The topological polar surface area (TPSA) is 49.7 Å². The van der Waals surface area contributed by atoms with Crippen molar-refractivity contribution in [3.8, 4) is 0 Å². The molecule has 0 bridgehead atoms. The van der Waals surface area contributed by atoms with Gasteiger partial charge >= 0.3 is 0 Å². The first-order valence-electron chi connectivity index (χ1n) is 3.97. The van der Waals surface area contributed by atoms with Gasteiger partial charge in [0, 0.05) is 0 Å². The summed E-state index contributed by atoms with van der Waals surface area (Å²) in [5, 5.41) is 17.1. The van der Waals surface area contributed by atoms with Crippen LogP contribution in [0.4, 0.5) is 0 Å². The van der Waals surface area contributed by atoms with E-state index in [-0.39, 0.29) is 12.7 Å². The minimum Gasteiger partial charge on any atom is -0.516 e. The smallest absolute Gasteiger partial charge is 0.0813 e. The summed E-state index contributed by atoms with van der Waals surface area (Å²) < 4.78 is 5.20. The van der Waals surface area contributed by atoms with Gasteiger partial charge in [-0.05, 0) is 12.8 Å². The summed E-state index contributed by atoms with van der Waals surface area (Å²) >= 11 is 0. The number of allylic oxidation sites excluding steroid dienone is 1. The molecular formula is C9H16O3. The van der Waals surface area contributed by atoms with Crippen LogP contribution >= 0.6 is 0 Å². The van der Waals surface area contributed by atoms with Gasteiger partial charge in [0.2, 0.25) is 0 Å². The lowest BCUT2D eigenvalue weighted by Crippen LogP contribution is -2.17. The molecule has 0 aliphatic carbocycles. The average molecular weight is 172 g/mol. The van der Waals surface area contributed by atoms with E-state index in [1.165, 1.54) is 0 Å². The lowest BCUT2D eigenvalue weighted by atomic mass is 10.2. The van der Waals surface area contributed by atoms with Crippen molar-refractivity contribution in [1.29, 1.82) is 0 Å². The van der Waals surface area contributed by atoms with E-state index in [1.54, 1.807) is 12.2 Å². The number of aliphatic hydroxyl groups excluding tert-OH is 2. The molecule has 0 amide bonds. The number of hydrogen-bond acceptors (Lipinski definition) is 3. The van der Waals surface area contributed by atoms with Crippen molar-refractivity contribution in [3.63, 3.8) is 0 Å². The molecule has 0 fully saturated rings. The molecule has 3 nitrogen and oxygen atoms in total. The number of rotatable bonds is 7. The van der Waals surface area contributed by atoms with Crippen LogP contribution in [0.1, 0.15) is 12.8 Å². The molecule has 0 aromatic carbocycles. The van der Waals surface area contributed by atoms with Crippen molar-refractivity contribution in [2.24, 2.45) is 0 Å². The Morgan fingerprint density at radius 3 is 2.75 bits per heavy atom. The highest BCUT2D eigenvalue weighted by Gasteiger charge is 2.04. The minimum atomic E-state index is -0.154. The van der Waals surface area contributed by atoms with Gasteiger partial charge in [-0.3, -0.25) is 0 Å². The summed E-state index contributed by atoms with van der Waals surface area (Å²) in [6.07, 6.45) is 5.53. The fourth-order valence-electron chi connectivity index (χ4n) is 0.788. The Morgan fingerprint density at radius 2 is 2.25 bits per heavy atom. The molecule has 2 N–H and O–H groups in total. The summed E-state index contributed by atoms with van der Waals surface area (Å²) in [7, 11) is 0. The summed E-state index contributed by atoms with van der Waals surface area (Å²) in [6, 6.07) is 0. The van der Waals surface area contributed by atoms with Gasteiger partial charge in [0.05, 0.1) is 25.6 Å². The first kappa shape index (κ1) is 11.2. The summed E-state index contributed by atoms with van der Waals surface area (Å²) in [6.45, 7) is 3.96. The van der Waals surface area contributed by atoms with Gasteiger partial charge in [0.1, 0.15) is 0 Å². The van der Waals surface area contributed by atoms with Crippen molar-refractivity contribution in [3.05, 3.63) is 25.0 Å². The Balaban J connectivity index is 3.45. The number of aliphatic hydroxyl groups is 2. The quantitative estimate of drug-likeness (QED) is 0.451. The van der Waals surface area contributed by atoms with Crippen molar-refractivity contribution < 1.29 is 14.9 Å². The summed E-state index contributed by atoms with van der Waals surface area (Å²) in [5.74, 6) is 0. The molecule has 0 saturated carbocycles. The first-order chi connectivity index (χ1) is 5.85. The second-order valence-corrected chi connectivity index (χ2v) is 2.39. The van der Waals surface area contributed by atoms with Crippen LogP contribution in [0.5, 0.6) is 0 Å². The maximum absolute atomic E-state index is 8.81. The zero-order valence-electron chi connectivity index (χ0n) is 7.15. The van der Waals surface area contributed by atoms with E-state index in [2.05, 4.69) is 6.58 Å². The van der Waals surface area contributed by atoms with Crippen LogP contribution in [0.2, 0.25) is 0 Å². The molecule has 3 heteroatoms. The van der Waals surface area contributed by atoms with E-state index in [9.17, 15) is 0 Å². The molecular weight excluding hydrogens is 156 g/mol. The lowest BCUT2D eigenvalue weighted by molar-refractivity contribution is 0.0239. The first-order valence-corrected chi connectivity index (χ1v) is 3.97. The van der Waals surface area contributed by atoms with Crippen molar-refractivity contribution in [2.75, 3.05) is 13.2 Å². The fourth-order valence-corrected chi connectivity index (χ4v) is 0.788. The summed E-state index contributed by atoms with van der Waals surface area (Å²) in [5.41, 5.74) is 0. The highest BCUT2D eigenvalue weighted by atomic mass is 16.5. The highest BCUT2D eigenvalue weighted by Crippen LogP contribution is 2.02. The predicted octanol–water partition coefficient (Wildman–Crippen LogP) is 1.40. The van der Waals surface area contributed by atoms with Gasteiger partial charge in [0.15, 0.2) is 0 Å². The van der Waals surface area contributed by atoms with Gasteiger partial charge in [-0.2, -0.15) is 0 Å². The van der Waals surface area contributed by atoms with E-state index in [1.807, 2.05) is 0 Å². The molecule has 1 atom stereocenters. The predicted molar refractivity (Wildman–Crippen MR) is 48.0 cm³/mol. The molecule has 0 aliphatic rings. The maximum atomic E-state index is 8.81. The van der Waals surface area contributed by atoms with Crippen molar-refractivity contribution in [2.45, 2.75) is 18.9 Å². The molecule has 0 aromatic rings. The molecule has 0 heterocycles. The molecule has 0 aliphatic heterocycles. The van der Waals surface area contributed by atoms with E-state index in [4.69, 9.17) is 14.9 Å². The molecule has 1 unspecified atom stereocenters. The van der Waals surface area contributed by atoms with Crippen LogP contribution in [0.3, 0.4) is 0 Å². The zero-order valence-corrected chi connectivity index (χ0v) is 7.15. The normalized spacial score (nSPS) is 13.4. The van der Waals surface area contributed by atoms with Crippen molar-refractivity contribution in [1.82, 2.24) is 0 Å². The Kier molecular flexibility index (Phi) is 7.74. The van der Waals surface area contributed by atoms with Crippen LogP contribution in [0.25, 0.3) is 0 Å². The third kappa shape index (κ3) is 5.95. The second kappa shape index (κ2) is 8.30. The Hall–Kier alpha value is -0.800.